The summed E-state index contributed by atoms with van der Waals surface area (Å²) in [6.45, 7) is 8.78. The van der Waals surface area contributed by atoms with Crippen LogP contribution in [-0.2, 0) is 4.79 Å². The maximum atomic E-state index is 12.1. The molecule has 0 spiro atoms. The second-order valence-electron chi connectivity index (χ2n) is 10.7. The fourth-order valence-corrected chi connectivity index (χ4v) is 7.96. The van der Waals surface area contributed by atoms with Gasteiger partial charge in [0, 0.05) is 31.1 Å². The monoisotopic (exact) mass is 396 g/mol. The number of likely N-dealkylation sites (tertiary alicyclic amines) is 1. The largest absolute Gasteiger partial charge is 0.343 e. The maximum Gasteiger partial charge on any atom is 0.219 e. The van der Waals surface area contributed by atoms with Gasteiger partial charge in [-0.25, -0.2) is 4.68 Å². The first-order valence-corrected chi connectivity index (χ1v) is 11.8. The number of rotatable bonds is 1. The van der Waals surface area contributed by atoms with Gasteiger partial charge in [0.05, 0.1) is 12.4 Å². The van der Waals surface area contributed by atoms with Crippen LogP contribution in [0.1, 0.15) is 72.1 Å². The van der Waals surface area contributed by atoms with Crippen molar-refractivity contribution in [3.05, 3.63) is 18.5 Å². The van der Waals surface area contributed by atoms with E-state index in [1.54, 1.807) is 13.1 Å². The van der Waals surface area contributed by atoms with Crippen molar-refractivity contribution >= 4 is 11.6 Å². The lowest BCUT2D eigenvalue weighted by Gasteiger charge is -2.54. The molecule has 3 fully saturated rings. The van der Waals surface area contributed by atoms with Crippen molar-refractivity contribution in [2.24, 2.45) is 34.5 Å². The molecule has 2 heterocycles. The van der Waals surface area contributed by atoms with Crippen LogP contribution in [0.3, 0.4) is 0 Å². The topological polar surface area (TPSA) is 51.0 Å². The van der Waals surface area contributed by atoms with E-state index in [-0.39, 0.29) is 11.3 Å². The molecule has 1 aromatic rings. The van der Waals surface area contributed by atoms with Crippen molar-refractivity contribution in [3.63, 3.8) is 0 Å². The molecule has 4 aliphatic rings. The molecule has 0 aromatic carbocycles. The Bertz CT molecular complexity index is 802. The first-order valence-electron chi connectivity index (χ1n) is 11.8. The Morgan fingerprint density at radius 3 is 2.76 bits per heavy atom. The van der Waals surface area contributed by atoms with Crippen LogP contribution < -0.4 is 0 Å². The average molecular weight is 397 g/mol. The van der Waals surface area contributed by atoms with Gasteiger partial charge in [0.2, 0.25) is 5.91 Å². The Labute approximate surface area is 174 Å². The predicted octanol–water partition coefficient (Wildman–Crippen LogP) is 4.62. The normalized spacial score (nSPS) is 42.2. The van der Waals surface area contributed by atoms with E-state index in [4.69, 9.17) is 0 Å². The number of carbonyl (C=O) groups excluding carboxylic acids is 1. The van der Waals surface area contributed by atoms with E-state index >= 15 is 0 Å². The summed E-state index contributed by atoms with van der Waals surface area (Å²) in [6.07, 6.45) is 16.4. The molecule has 3 aliphatic carbocycles. The van der Waals surface area contributed by atoms with Crippen molar-refractivity contribution < 1.29 is 4.79 Å². The number of amides is 1. The van der Waals surface area contributed by atoms with Gasteiger partial charge in [0.15, 0.2) is 0 Å². The van der Waals surface area contributed by atoms with Crippen LogP contribution >= 0.6 is 0 Å². The number of fused-ring (bicyclic) bond motifs is 5. The van der Waals surface area contributed by atoms with Gasteiger partial charge in [0.1, 0.15) is 0 Å². The predicted molar refractivity (Wildman–Crippen MR) is 114 cm³/mol. The van der Waals surface area contributed by atoms with E-state index in [1.165, 1.54) is 57.1 Å². The molecule has 2 saturated carbocycles. The molecule has 5 nitrogen and oxygen atoms in total. The van der Waals surface area contributed by atoms with Gasteiger partial charge in [0.25, 0.3) is 0 Å². The summed E-state index contributed by atoms with van der Waals surface area (Å²) >= 11 is 0. The third-order valence-electron chi connectivity index (χ3n) is 9.55. The Morgan fingerprint density at radius 1 is 1.14 bits per heavy atom. The number of allylic oxidation sites excluding steroid dienone is 2. The second kappa shape index (κ2) is 6.95. The molecule has 0 N–H and O–H groups in total. The molecule has 0 bridgehead atoms. The molecule has 1 saturated heterocycles. The molecular formula is C24H36N4O. The summed E-state index contributed by atoms with van der Waals surface area (Å²) < 4.78 is 2.03. The van der Waals surface area contributed by atoms with Gasteiger partial charge in [-0.3, -0.25) is 4.79 Å². The van der Waals surface area contributed by atoms with E-state index in [0.717, 1.165) is 30.8 Å². The van der Waals surface area contributed by atoms with Gasteiger partial charge in [-0.2, -0.15) is 0 Å². The second-order valence-corrected chi connectivity index (χ2v) is 10.7. The lowest BCUT2D eigenvalue weighted by atomic mass is 9.51. The third-order valence-corrected chi connectivity index (χ3v) is 9.55. The van der Waals surface area contributed by atoms with E-state index in [1.807, 2.05) is 10.9 Å². The fourth-order valence-electron chi connectivity index (χ4n) is 7.96. The summed E-state index contributed by atoms with van der Waals surface area (Å²) in [6, 6.07) is 0. The van der Waals surface area contributed by atoms with E-state index in [0.29, 0.717) is 11.3 Å². The van der Waals surface area contributed by atoms with Crippen LogP contribution in [0.5, 0.6) is 0 Å². The van der Waals surface area contributed by atoms with Crippen LogP contribution in [-0.4, -0.2) is 38.9 Å². The molecule has 29 heavy (non-hydrogen) atoms. The van der Waals surface area contributed by atoms with Crippen molar-refractivity contribution in [1.82, 2.24) is 19.9 Å². The number of carbonyl (C=O) groups is 1. The highest BCUT2D eigenvalue weighted by Gasteiger charge is 2.57. The highest BCUT2D eigenvalue weighted by molar-refractivity contribution is 5.73. The van der Waals surface area contributed by atoms with Crippen molar-refractivity contribution in [2.45, 2.75) is 72.1 Å². The first kappa shape index (κ1) is 19.3. The van der Waals surface area contributed by atoms with E-state index in [9.17, 15) is 4.79 Å². The zero-order valence-corrected chi connectivity index (χ0v) is 18.3. The van der Waals surface area contributed by atoms with Gasteiger partial charge in [-0.15, -0.1) is 5.10 Å². The van der Waals surface area contributed by atoms with Crippen LogP contribution in [0.25, 0.3) is 5.70 Å². The smallest absolute Gasteiger partial charge is 0.219 e. The lowest BCUT2D eigenvalue weighted by molar-refractivity contribution is -0.129. The van der Waals surface area contributed by atoms with E-state index in [2.05, 4.69) is 35.1 Å². The van der Waals surface area contributed by atoms with Gasteiger partial charge in [-0.1, -0.05) is 31.6 Å². The van der Waals surface area contributed by atoms with Crippen molar-refractivity contribution in [3.8, 4) is 0 Å². The third kappa shape index (κ3) is 2.90. The molecule has 5 rings (SSSR count). The molecule has 6 atom stereocenters. The number of nitrogens with zero attached hydrogens (tertiary/aromatic N) is 4. The molecule has 5 heteroatoms. The quantitative estimate of drug-likeness (QED) is 0.696. The number of aromatic nitrogens is 3. The zero-order valence-electron chi connectivity index (χ0n) is 18.3. The van der Waals surface area contributed by atoms with Gasteiger partial charge < -0.3 is 4.90 Å². The molecule has 1 aromatic heterocycles. The van der Waals surface area contributed by atoms with E-state index < -0.39 is 0 Å². The Hall–Kier alpha value is -1.65. The average Bonchev–Trinajstić information content (AvgIpc) is 3.25. The summed E-state index contributed by atoms with van der Waals surface area (Å²) in [4.78, 5) is 14.3. The maximum absolute atomic E-state index is 12.1. The van der Waals surface area contributed by atoms with Crippen molar-refractivity contribution in [1.29, 1.82) is 0 Å². The Balaban J connectivity index is 1.45. The SMILES string of the molecule is CC(=O)N1CCC[C@@]2(C)[C@@H](CCC[C@H]3[C@@H]2CC[C@]2(C)C(n4ccnn4)=CC[C@@H]32)C1. The lowest BCUT2D eigenvalue weighted by Crippen LogP contribution is -2.48. The van der Waals surface area contributed by atoms with Crippen LogP contribution in [0.2, 0.25) is 0 Å². The van der Waals surface area contributed by atoms with Gasteiger partial charge in [-0.05, 0) is 74.0 Å². The summed E-state index contributed by atoms with van der Waals surface area (Å²) in [5, 5.41) is 8.40. The van der Waals surface area contributed by atoms with Crippen molar-refractivity contribution in [2.75, 3.05) is 13.1 Å². The number of hydrogen-bond acceptors (Lipinski definition) is 3. The first-order chi connectivity index (χ1) is 13.9. The summed E-state index contributed by atoms with van der Waals surface area (Å²) in [7, 11) is 0. The Kier molecular flexibility index (Phi) is 4.63. The molecule has 0 radical (unpaired) electrons. The van der Waals surface area contributed by atoms with Crippen LogP contribution in [0, 0.1) is 34.5 Å². The van der Waals surface area contributed by atoms with Crippen LogP contribution in [0.4, 0.5) is 0 Å². The minimum Gasteiger partial charge on any atom is -0.343 e. The zero-order chi connectivity index (χ0) is 20.2. The number of hydrogen-bond donors (Lipinski definition) is 0. The Morgan fingerprint density at radius 2 is 2.00 bits per heavy atom. The fraction of sp³-hybridized carbons (Fsp3) is 0.792. The minimum absolute atomic E-state index is 0.223. The standard InChI is InChI=1S/C24H36N4O/c1-17(29)27-14-5-11-23(2)18(16-27)6-4-7-19-20-8-9-22(28-15-13-25-26-28)24(20,3)12-10-21(19)23/h9,13,15,18-21H,4-8,10-12,14,16H2,1-3H3/t18-,19+,20-,21-,23-,24-/m0/s1. The summed E-state index contributed by atoms with van der Waals surface area (Å²) in [5.41, 5.74) is 1.98. The molecule has 0 unspecified atom stereocenters. The van der Waals surface area contributed by atoms with Gasteiger partial charge >= 0.3 is 0 Å². The molecule has 1 amide bonds. The molecule has 158 valence electrons. The van der Waals surface area contributed by atoms with Crippen LogP contribution in [0.15, 0.2) is 18.5 Å². The molecular weight excluding hydrogens is 360 g/mol. The molecule has 1 aliphatic heterocycles. The minimum atomic E-state index is 0.223. The highest BCUT2D eigenvalue weighted by atomic mass is 16.2. The summed E-state index contributed by atoms with van der Waals surface area (Å²) in [5.74, 6) is 3.25. The highest BCUT2D eigenvalue weighted by Crippen LogP contribution is 2.64.